The average molecular weight is 430 g/mol. The molecule has 0 aromatic carbocycles. The SMILES string of the molecule is CN1CCC2(CCCCN2)c2c1ccn2S(=O)(=O)c1ccc(Br)s1. The Morgan fingerprint density at radius 3 is 2.75 bits per heavy atom. The van der Waals surface area contributed by atoms with Crippen LogP contribution in [0, 0.1) is 0 Å². The van der Waals surface area contributed by atoms with Crippen molar-refractivity contribution in [2.24, 2.45) is 0 Å². The predicted octanol–water partition coefficient (Wildman–Crippen LogP) is 3.36. The number of nitrogens with zero attached hydrogens (tertiary/aromatic N) is 2. The highest BCUT2D eigenvalue weighted by molar-refractivity contribution is 9.11. The minimum atomic E-state index is -3.58. The van der Waals surface area contributed by atoms with Crippen LogP contribution in [0.15, 0.2) is 32.4 Å². The molecule has 2 aromatic heterocycles. The van der Waals surface area contributed by atoms with E-state index in [4.69, 9.17) is 0 Å². The van der Waals surface area contributed by atoms with Crippen molar-refractivity contribution in [3.63, 3.8) is 0 Å². The Morgan fingerprint density at radius 2 is 2.08 bits per heavy atom. The predicted molar refractivity (Wildman–Crippen MR) is 100 cm³/mol. The van der Waals surface area contributed by atoms with E-state index in [1.807, 2.05) is 13.1 Å². The van der Waals surface area contributed by atoms with Gasteiger partial charge in [-0.3, -0.25) is 0 Å². The van der Waals surface area contributed by atoms with E-state index >= 15 is 0 Å². The molecule has 0 radical (unpaired) electrons. The molecule has 1 saturated heterocycles. The standard InChI is InChI=1S/C16H20BrN3O2S2/c1-19-11-8-16(7-2-3-9-18-16)15-12(19)6-10-20(15)24(21,22)14-5-4-13(17)23-14/h4-6,10,18H,2-3,7-9,11H2,1H3. The third-order valence-corrected chi connectivity index (χ3v) is 8.89. The third-order valence-electron chi connectivity index (χ3n) is 5.12. The number of hydrogen-bond acceptors (Lipinski definition) is 5. The summed E-state index contributed by atoms with van der Waals surface area (Å²) in [6.07, 6.45) is 5.92. The molecule has 2 aliphatic heterocycles. The summed E-state index contributed by atoms with van der Waals surface area (Å²) in [5.74, 6) is 0. The molecule has 0 saturated carbocycles. The summed E-state index contributed by atoms with van der Waals surface area (Å²) >= 11 is 4.62. The third kappa shape index (κ3) is 2.46. The zero-order chi connectivity index (χ0) is 16.9. The largest absolute Gasteiger partial charge is 0.373 e. The van der Waals surface area contributed by atoms with Crippen LogP contribution in [-0.4, -0.2) is 32.5 Å². The first-order chi connectivity index (χ1) is 11.4. The Morgan fingerprint density at radius 1 is 1.25 bits per heavy atom. The summed E-state index contributed by atoms with van der Waals surface area (Å²) in [5.41, 5.74) is 1.70. The molecule has 2 aliphatic rings. The van der Waals surface area contributed by atoms with Gasteiger partial charge < -0.3 is 10.2 Å². The van der Waals surface area contributed by atoms with Crippen LogP contribution in [0.2, 0.25) is 0 Å². The van der Waals surface area contributed by atoms with Gasteiger partial charge in [0.25, 0.3) is 10.0 Å². The Hall–Kier alpha value is -0.830. The lowest BCUT2D eigenvalue weighted by atomic mass is 9.80. The first-order valence-electron chi connectivity index (χ1n) is 8.13. The van der Waals surface area contributed by atoms with Crippen molar-refractivity contribution in [3.8, 4) is 0 Å². The summed E-state index contributed by atoms with van der Waals surface area (Å²) in [6, 6.07) is 5.39. The smallest absolute Gasteiger partial charge is 0.277 e. The maximum absolute atomic E-state index is 13.2. The molecule has 8 heteroatoms. The lowest BCUT2D eigenvalue weighted by Gasteiger charge is -2.45. The highest BCUT2D eigenvalue weighted by atomic mass is 79.9. The van der Waals surface area contributed by atoms with Gasteiger partial charge in [0.15, 0.2) is 0 Å². The highest BCUT2D eigenvalue weighted by Crippen LogP contribution is 2.44. The van der Waals surface area contributed by atoms with Crippen molar-refractivity contribution >= 4 is 43.0 Å². The van der Waals surface area contributed by atoms with Gasteiger partial charge in [0.1, 0.15) is 4.21 Å². The lowest BCUT2D eigenvalue weighted by Crippen LogP contribution is -2.52. The van der Waals surface area contributed by atoms with Gasteiger partial charge in [0, 0.05) is 19.8 Å². The van der Waals surface area contributed by atoms with Crippen LogP contribution in [0.4, 0.5) is 5.69 Å². The Bertz CT molecular complexity index is 866. The quantitative estimate of drug-likeness (QED) is 0.794. The van der Waals surface area contributed by atoms with Crippen molar-refractivity contribution in [1.29, 1.82) is 0 Å². The van der Waals surface area contributed by atoms with E-state index in [2.05, 4.69) is 26.1 Å². The molecular formula is C16H20BrN3O2S2. The first kappa shape index (κ1) is 16.6. The summed E-state index contributed by atoms with van der Waals surface area (Å²) in [5, 5.41) is 3.65. The zero-order valence-corrected chi connectivity index (χ0v) is 16.7. The molecule has 0 aliphatic carbocycles. The molecule has 1 atom stereocenters. The number of nitrogens with one attached hydrogen (secondary N) is 1. The number of hydrogen-bond donors (Lipinski definition) is 1. The normalized spacial score (nSPS) is 24.3. The zero-order valence-electron chi connectivity index (χ0n) is 13.5. The second-order valence-electron chi connectivity index (χ2n) is 6.55. The number of rotatable bonds is 2. The fourth-order valence-electron chi connectivity index (χ4n) is 3.88. The Labute approximate surface area is 154 Å². The van der Waals surface area contributed by atoms with Crippen molar-refractivity contribution in [2.75, 3.05) is 25.0 Å². The van der Waals surface area contributed by atoms with Gasteiger partial charge in [-0.05, 0) is 66.4 Å². The first-order valence-corrected chi connectivity index (χ1v) is 11.2. The number of thiophene rings is 1. The molecule has 1 unspecified atom stereocenters. The van der Waals surface area contributed by atoms with E-state index in [0.29, 0.717) is 4.21 Å². The summed E-state index contributed by atoms with van der Waals surface area (Å²) in [4.78, 5) is 2.16. The summed E-state index contributed by atoms with van der Waals surface area (Å²) in [6.45, 7) is 1.88. The van der Waals surface area contributed by atoms with Gasteiger partial charge in [-0.15, -0.1) is 11.3 Å². The second-order valence-corrected chi connectivity index (χ2v) is 11.1. The Balaban J connectivity index is 1.90. The molecule has 1 fully saturated rings. The fourth-order valence-corrected chi connectivity index (χ4v) is 7.42. The van der Waals surface area contributed by atoms with E-state index in [-0.39, 0.29) is 5.54 Å². The van der Waals surface area contributed by atoms with Gasteiger partial charge in [-0.1, -0.05) is 0 Å². The van der Waals surface area contributed by atoms with Gasteiger partial charge in [0.2, 0.25) is 0 Å². The number of halogens is 1. The van der Waals surface area contributed by atoms with E-state index < -0.39 is 10.0 Å². The van der Waals surface area contributed by atoms with Crippen LogP contribution in [0.3, 0.4) is 0 Å². The van der Waals surface area contributed by atoms with Gasteiger partial charge in [-0.25, -0.2) is 3.97 Å². The monoisotopic (exact) mass is 429 g/mol. The van der Waals surface area contributed by atoms with Crippen LogP contribution in [0.5, 0.6) is 0 Å². The molecule has 130 valence electrons. The molecule has 0 bridgehead atoms. The number of piperidine rings is 1. The van der Waals surface area contributed by atoms with E-state index in [0.717, 1.165) is 53.9 Å². The summed E-state index contributed by atoms with van der Waals surface area (Å²) < 4.78 is 29.1. The minimum absolute atomic E-state index is 0.231. The van der Waals surface area contributed by atoms with Gasteiger partial charge in [0.05, 0.1) is 20.7 Å². The number of anilines is 1. The van der Waals surface area contributed by atoms with E-state index in [1.54, 1.807) is 18.3 Å². The van der Waals surface area contributed by atoms with Crippen LogP contribution in [0.1, 0.15) is 31.4 Å². The lowest BCUT2D eigenvalue weighted by molar-refractivity contribution is 0.227. The molecule has 1 N–H and O–H groups in total. The molecule has 4 rings (SSSR count). The second kappa shape index (κ2) is 5.86. The summed E-state index contributed by atoms with van der Waals surface area (Å²) in [7, 11) is -1.54. The molecule has 1 spiro atoms. The maximum Gasteiger partial charge on any atom is 0.277 e. The molecule has 4 heterocycles. The van der Waals surface area contributed by atoms with Crippen LogP contribution in [-0.2, 0) is 15.6 Å². The molecule has 24 heavy (non-hydrogen) atoms. The van der Waals surface area contributed by atoms with Gasteiger partial charge in [-0.2, -0.15) is 8.42 Å². The Kier molecular flexibility index (Phi) is 4.06. The molecular weight excluding hydrogens is 410 g/mol. The molecule has 5 nitrogen and oxygen atoms in total. The molecule has 2 aromatic rings. The highest BCUT2D eigenvalue weighted by Gasteiger charge is 2.43. The number of fused-ring (bicyclic) bond motifs is 2. The van der Waals surface area contributed by atoms with Crippen molar-refractivity contribution in [3.05, 3.63) is 33.9 Å². The number of aromatic nitrogens is 1. The van der Waals surface area contributed by atoms with Crippen LogP contribution < -0.4 is 10.2 Å². The average Bonchev–Trinajstić information content (AvgIpc) is 3.20. The van der Waals surface area contributed by atoms with E-state index in [9.17, 15) is 8.42 Å². The van der Waals surface area contributed by atoms with Crippen LogP contribution in [0.25, 0.3) is 0 Å². The minimum Gasteiger partial charge on any atom is -0.373 e. The van der Waals surface area contributed by atoms with Crippen molar-refractivity contribution in [1.82, 2.24) is 9.29 Å². The van der Waals surface area contributed by atoms with Crippen LogP contribution >= 0.6 is 27.3 Å². The molecule has 0 amide bonds. The topological polar surface area (TPSA) is 54.3 Å². The van der Waals surface area contributed by atoms with Crippen molar-refractivity contribution < 1.29 is 8.42 Å². The fraction of sp³-hybridized carbons (Fsp3) is 0.500. The van der Waals surface area contributed by atoms with Crippen molar-refractivity contribution in [2.45, 2.75) is 35.4 Å². The van der Waals surface area contributed by atoms with Gasteiger partial charge >= 0.3 is 0 Å². The maximum atomic E-state index is 13.2. The van der Waals surface area contributed by atoms with E-state index in [1.165, 1.54) is 15.3 Å².